The molecule has 2 atom stereocenters. The topological polar surface area (TPSA) is 109 Å². The Balaban J connectivity index is 1.48. The van der Waals surface area contributed by atoms with Gasteiger partial charge < -0.3 is 20.0 Å². The summed E-state index contributed by atoms with van der Waals surface area (Å²) in [7, 11) is 1.90. The third kappa shape index (κ3) is 2.87. The summed E-state index contributed by atoms with van der Waals surface area (Å²) in [5, 5.41) is 14.9. The largest absolute Gasteiger partial charge is 0.481 e. The number of aromatic amines is 1. The van der Waals surface area contributed by atoms with Crippen LogP contribution in [0.25, 0.3) is 33.5 Å². The fourth-order valence-corrected chi connectivity index (χ4v) is 5.70. The third-order valence-electron chi connectivity index (χ3n) is 7.27. The number of fused-ring (bicyclic) bond motifs is 5. The van der Waals surface area contributed by atoms with E-state index < -0.39 is 17.7 Å². The van der Waals surface area contributed by atoms with Crippen LogP contribution in [0.15, 0.2) is 30.7 Å². The Morgan fingerprint density at radius 2 is 2.00 bits per heavy atom. The Morgan fingerprint density at radius 1 is 1.22 bits per heavy atom. The van der Waals surface area contributed by atoms with E-state index in [0.717, 1.165) is 36.7 Å². The van der Waals surface area contributed by atoms with E-state index in [0.29, 0.717) is 34.2 Å². The molecule has 9 heteroatoms. The van der Waals surface area contributed by atoms with E-state index in [-0.39, 0.29) is 12.0 Å². The zero-order chi connectivity index (χ0) is 22.0. The number of hydrogen-bond acceptors (Lipinski definition) is 5. The van der Waals surface area contributed by atoms with E-state index >= 15 is 0 Å². The molecule has 4 aromatic heterocycles. The van der Waals surface area contributed by atoms with Gasteiger partial charge in [0.05, 0.1) is 17.5 Å². The maximum Gasteiger partial charge on any atom is 0.308 e. The summed E-state index contributed by atoms with van der Waals surface area (Å²) in [5.74, 6) is -0.0322. The van der Waals surface area contributed by atoms with Crippen LogP contribution < -0.4 is 5.32 Å². The Kier molecular flexibility index (Phi) is 4.21. The van der Waals surface area contributed by atoms with Gasteiger partial charge in [0.25, 0.3) is 0 Å². The minimum absolute atomic E-state index is 0.173. The predicted octanol–water partition coefficient (Wildman–Crippen LogP) is 3.95. The normalized spacial score (nSPS) is 24.9. The van der Waals surface area contributed by atoms with Gasteiger partial charge in [-0.1, -0.05) is 0 Å². The van der Waals surface area contributed by atoms with Crippen molar-refractivity contribution >= 4 is 33.9 Å². The van der Waals surface area contributed by atoms with Gasteiger partial charge in [-0.2, -0.15) is 0 Å². The molecule has 8 nitrogen and oxygen atoms in total. The lowest BCUT2D eigenvalue weighted by Crippen LogP contribution is -2.51. The Bertz CT molecular complexity index is 1350. The zero-order valence-corrected chi connectivity index (χ0v) is 17.5. The molecule has 4 heterocycles. The number of halogens is 1. The van der Waals surface area contributed by atoms with Gasteiger partial charge in [-0.05, 0) is 49.7 Å². The number of aromatic nitrogens is 5. The second-order valence-electron chi connectivity index (χ2n) is 9.02. The summed E-state index contributed by atoms with van der Waals surface area (Å²) >= 11 is 0. The van der Waals surface area contributed by atoms with E-state index in [4.69, 9.17) is 9.97 Å². The molecular weight excluding hydrogens is 411 g/mol. The Morgan fingerprint density at radius 3 is 2.78 bits per heavy atom. The molecule has 3 N–H and O–H groups in total. The number of carboxylic acids is 1. The van der Waals surface area contributed by atoms with E-state index in [1.54, 1.807) is 6.20 Å². The number of aryl methyl sites for hydroxylation is 1. The molecule has 3 fully saturated rings. The molecule has 3 aliphatic carbocycles. The van der Waals surface area contributed by atoms with Crippen molar-refractivity contribution in [1.29, 1.82) is 0 Å². The van der Waals surface area contributed by atoms with E-state index in [9.17, 15) is 14.3 Å². The van der Waals surface area contributed by atoms with Crippen molar-refractivity contribution in [1.82, 2.24) is 24.5 Å². The molecule has 0 spiro atoms. The summed E-state index contributed by atoms with van der Waals surface area (Å²) in [4.78, 5) is 28.8. The average Bonchev–Trinajstić information content (AvgIpc) is 3.37. The number of carbonyl (C=O) groups is 1. The van der Waals surface area contributed by atoms with Crippen LogP contribution >= 0.6 is 0 Å². The Hall–Kier alpha value is -3.49. The lowest BCUT2D eigenvalue weighted by atomic mass is 9.61. The van der Waals surface area contributed by atoms with Crippen molar-refractivity contribution in [3.63, 3.8) is 0 Å². The van der Waals surface area contributed by atoms with Crippen molar-refractivity contribution in [3.05, 3.63) is 36.5 Å². The highest BCUT2D eigenvalue weighted by Crippen LogP contribution is 2.46. The second-order valence-corrected chi connectivity index (χ2v) is 9.02. The summed E-state index contributed by atoms with van der Waals surface area (Å²) in [6.07, 6.45) is 8.83. The number of H-pyrrole nitrogens is 1. The maximum absolute atomic E-state index is 13.9. The average molecular weight is 434 g/mol. The number of carboxylic acid groups (broad SMARTS) is 1. The van der Waals surface area contributed by atoms with E-state index in [1.165, 1.54) is 12.3 Å². The lowest BCUT2D eigenvalue weighted by Gasteiger charge is -2.47. The molecule has 3 aliphatic rings. The van der Waals surface area contributed by atoms with Gasteiger partial charge in [0.2, 0.25) is 0 Å². The number of anilines is 1. The highest BCUT2D eigenvalue weighted by Gasteiger charge is 2.47. The standard InChI is InChI=1S/C23H23FN6O2/c1-30-7-6-14-20(27-18-12-4-2-11(3-5-12)17(18)23(31)32)28-21(29-22(14)30)16-10-26-19-15(16)8-13(24)9-25-19/h6-12,17-18H,2-5H2,1H3,(H,25,26)(H,31,32)(H,27,28,29). The number of rotatable bonds is 4. The highest BCUT2D eigenvalue weighted by atomic mass is 19.1. The first-order chi connectivity index (χ1) is 15.5. The fourth-order valence-electron chi connectivity index (χ4n) is 5.70. The molecule has 164 valence electrons. The molecule has 2 bridgehead atoms. The minimum atomic E-state index is -0.742. The van der Waals surface area contributed by atoms with Crippen LogP contribution in [0, 0.1) is 23.6 Å². The third-order valence-corrected chi connectivity index (χ3v) is 7.27. The number of aliphatic carboxylic acids is 1. The summed E-state index contributed by atoms with van der Waals surface area (Å²) in [5.41, 5.74) is 1.93. The highest BCUT2D eigenvalue weighted by molar-refractivity contribution is 5.95. The van der Waals surface area contributed by atoms with Crippen molar-refractivity contribution < 1.29 is 14.3 Å². The quantitative estimate of drug-likeness (QED) is 0.449. The predicted molar refractivity (Wildman–Crippen MR) is 118 cm³/mol. The van der Waals surface area contributed by atoms with Crippen molar-refractivity contribution in [2.45, 2.75) is 31.7 Å². The van der Waals surface area contributed by atoms with Gasteiger partial charge >= 0.3 is 5.97 Å². The number of nitrogens with zero attached hydrogens (tertiary/aromatic N) is 4. The first kappa shape index (κ1) is 19.2. The Labute approximate surface area is 182 Å². The molecule has 32 heavy (non-hydrogen) atoms. The first-order valence-electron chi connectivity index (χ1n) is 10.9. The molecule has 0 radical (unpaired) electrons. The van der Waals surface area contributed by atoms with Gasteiger partial charge in [0.1, 0.15) is 22.9 Å². The van der Waals surface area contributed by atoms with E-state index in [2.05, 4.69) is 15.3 Å². The molecule has 2 unspecified atom stereocenters. The monoisotopic (exact) mass is 434 g/mol. The molecule has 3 saturated carbocycles. The zero-order valence-electron chi connectivity index (χ0n) is 17.5. The molecule has 0 amide bonds. The van der Waals surface area contributed by atoms with Crippen molar-refractivity contribution in [2.24, 2.45) is 24.8 Å². The molecule has 0 aromatic carbocycles. The smallest absolute Gasteiger partial charge is 0.308 e. The lowest BCUT2D eigenvalue weighted by molar-refractivity contribution is -0.148. The number of nitrogens with one attached hydrogen (secondary N) is 2. The van der Waals surface area contributed by atoms with Gasteiger partial charge in [-0.3, -0.25) is 4.79 Å². The minimum Gasteiger partial charge on any atom is -0.481 e. The van der Waals surface area contributed by atoms with Crippen molar-refractivity contribution in [2.75, 3.05) is 5.32 Å². The second kappa shape index (κ2) is 7.01. The summed E-state index contributed by atoms with van der Waals surface area (Å²) in [6.45, 7) is 0. The molecule has 4 aromatic rings. The van der Waals surface area contributed by atoms with Gasteiger partial charge in [0, 0.05) is 36.4 Å². The van der Waals surface area contributed by atoms with Crippen LogP contribution in [0.5, 0.6) is 0 Å². The van der Waals surface area contributed by atoms with Gasteiger partial charge in [0.15, 0.2) is 5.82 Å². The van der Waals surface area contributed by atoms with Crippen LogP contribution in [0.4, 0.5) is 10.2 Å². The molecule has 0 aliphatic heterocycles. The molecular formula is C23H23FN6O2. The van der Waals surface area contributed by atoms with Crippen LogP contribution in [-0.2, 0) is 11.8 Å². The fraction of sp³-hybridized carbons (Fsp3) is 0.391. The van der Waals surface area contributed by atoms with E-state index in [1.807, 2.05) is 23.9 Å². The van der Waals surface area contributed by atoms with Crippen LogP contribution in [0.1, 0.15) is 25.7 Å². The SMILES string of the molecule is Cn1ccc2c(NC3C4CCC(CC4)C3C(=O)O)nc(-c3c[nH]c4ncc(F)cc34)nc21. The summed E-state index contributed by atoms with van der Waals surface area (Å²) in [6, 6.07) is 3.18. The number of pyridine rings is 1. The first-order valence-corrected chi connectivity index (χ1v) is 10.9. The van der Waals surface area contributed by atoms with Crippen LogP contribution in [0.3, 0.4) is 0 Å². The summed E-state index contributed by atoms with van der Waals surface area (Å²) < 4.78 is 15.8. The van der Waals surface area contributed by atoms with Gasteiger partial charge in [-0.25, -0.2) is 19.3 Å². The molecule has 0 saturated heterocycles. The van der Waals surface area contributed by atoms with Gasteiger partial charge in [-0.15, -0.1) is 0 Å². The molecule has 7 rings (SSSR count). The maximum atomic E-state index is 13.9. The number of hydrogen-bond donors (Lipinski definition) is 3. The van der Waals surface area contributed by atoms with Crippen LogP contribution in [0.2, 0.25) is 0 Å². The van der Waals surface area contributed by atoms with Crippen LogP contribution in [-0.4, -0.2) is 41.6 Å². The van der Waals surface area contributed by atoms with Crippen molar-refractivity contribution in [3.8, 4) is 11.4 Å².